The monoisotopic (exact) mass is 551 g/mol. The molecule has 3 rings (SSSR count). The Morgan fingerprint density at radius 2 is 2.05 bits per heavy atom. The van der Waals surface area contributed by atoms with Crippen molar-refractivity contribution < 1.29 is 33.5 Å². The molecule has 2 amide bonds. The molecule has 37 heavy (non-hydrogen) atoms. The zero-order chi connectivity index (χ0) is 27.3. The highest BCUT2D eigenvalue weighted by molar-refractivity contribution is 8.00. The fourth-order valence-corrected chi connectivity index (χ4v) is 5.21. The summed E-state index contributed by atoms with van der Waals surface area (Å²) < 4.78 is 10.2. The van der Waals surface area contributed by atoms with Crippen LogP contribution in [0.4, 0.5) is 5.13 Å². The standard InChI is InChI=1S/C23H29N5O7S2/c1-6-7-8-12-9-36-19-15(26-17(29)14(27-33-5)13-10-37-22(24)25-13)18(30)28(19)16(12)20(31)34-11-35-21(32)23(2,3)4/h7-8,10,15,19H,6,9,11H2,1-5H3,(H2,24,25)(H,26,29)/b8-7-,27-14-/t15-,19+/m1/s1. The lowest BCUT2D eigenvalue weighted by atomic mass is 9.98. The second kappa shape index (κ2) is 11.8. The molecule has 0 aliphatic carbocycles. The van der Waals surface area contributed by atoms with Crippen LogP contribution < -0.4 is 11.1 Å². The van der Waals surface area contributed by atoms with Crippen LogP contribution in [-0.2, 0) is 33.5 Å². The predicted octanol–water partition coefficient (Wildman–Crippen LogP) is 1.79. The fourth-order valence-electron chi connectivity index (χ4n) is 3.34. The molecule has 0 spiro atoms. The number of carbonyl (C=O) groups is 4. The van der Waals surface area contributed by atoms with Gasteiger partial charge in [0.05, 0.1) is 5.41 Å². The van der Waals surface area contributed by atoms with E-state index in [1.807, 2.05) is 13.0 Å². The number of ether oxygens (including phenoxy) is 2. The van der Waals surface area contributed by atoms with Gasteiger partial charge in [-0.05, 0) is 32.8 Å². The van der Waals surface area contributed by atoms with Crippen molar-refractivity contribution in [3.05, 3.63) is 34.5 Å². The van der Waals surface area contributed by atoms with Crippen LogP contribution in [-0.4, -0.2) is 70.4 Å². The van der Waals surface area contributed by atoms with Crippen molar-refractivity contribution in [1.82, 2.24) is 15.2 Å². The number of esters is 2. The first-order chi connectivity index (χ1) is 17.5. The Morgan fingerprint density at radius 1 is 1.32 bits per heavy atom. The Kier molecular flexibility index (Phi) is 8.97. The largest absolute Gasteiger partial charge is 0.427 e. The number of thioether (sulfide) groups is 1. The van der Waals surface area contributed by atoms with Crippen molar-refractivity contribution in [2.24, 2.45) is 10.6 Å². The van der Waals surface area contributed by atoms with Crippen LogP contribution in [0.3, 0.4) is 0 Å². The maximum Gasteiger partial charge on any atom is 0.358 e. The highest BCUT2D eigenvalue weighted by Crippen LogP contribution is 2.41. The molecule has 0 saturated carbocycles. The number of thiazole rings is 1. The molecular formula is C23H29N5O7S2. The second-order valence-corrected chi connectivity index (χ2v) is 11.0. The molecule has 0 bridgehead atoms. The van der Waals surface area contributed by atoms with Gasteiger partial charge in [-0.3, -0.25) is 19.3 Å². The zero-order valence-corrected chi connectivity index (χ0v) is 22.7. The molecule has 1 saturated heterocycles. The highest BCUT2D eigenvalue weighted by atomic mass is 32.2. The number of nitrogens with one attached hydrogen (secondary N) is 1. The van der Waals surface area contributed by atoms with Crippen LogP contribution in [0.15, 0.2) is 34.0 Å². The van der Waals surface area contributed by atoms with Gasteiger partial charge in [0.1, 0.15) is 29.9 Å². The number of amides is 2. The second-order valence-electron chi connectivity index (χ2n) is 8.97. The average molecular weight is 552 g/mol. The van der Waals surface area contributed by atoms with Gasteiger partial charge in [0.25, 0.3) is 11.8 Å². The van der Waals surface area contributed by atoms with Crippen LogP contribution in [0.2, 0.25) is 0 Å². The van der Waals surface area contributed by atoms with E-state index in [1.54, 1.807) is 32.2 Å². The van der Waals surface area contributed by atoms with Crippen molar-refractivity contribution in [2.75, 3.05) is 25.4 Å². The molecule has 2 aliphatic heterocycles. The Labute approximate surface area is 222 Å². The Hall–Kier alpha value is -3.39. The summed E-state index contributed by atoms with van der Waals surface area (Å²) in [5.41, 5.74) is 5.61. The fraction of sp³-hybridized carbons (Fsp3) is 0.478. The maximum atomic E-state index is 13.1. The molecule has 2 atom stereocenters. The van der Waals surface area contributed by atoms with E-state index in [1.165, 1.54) is 23.8 Å². The number of nitrogen functional groups attached to an aromatic ring is 1. The minimum atomic E-state index is -0.922. The molecule has 3 N–H and O–H groups in total. The summed E-state index contributed by atoms with van der Waals surface area (Å²) in [5, 5.41) is 7.62. The average Bonchev–Trinajstić information content (AvgIpc) is 3.28. The molecule has 3 heterocycles. The van der Waals surface area contributed by atoms with E-state index in [0.717, 1.165) is 17.8 Å². The Morgan fingerprint density at radius 3 is 2.65 bits per heavy atom. The molecule has 2 aliphatic rings. The van der Waals surface area contributed by atoms with Crippen molar-refractivity contribution in [2.45, 2.75) is 45.5 Å². The third-order valence-electron chi connectivity index (χ3n) is 5.19. The molecule has 0 radical (unpaired) electrons. The topological polar surface area (TPSA) is 163 Å². The summed E-state index contributed by atoms with van der Waals surface area (Å²) in [4.78, 5) is 61.2. The molecular weight excluding hydrogens is 522 g/mol. The van der Waals surface area contributed by atoms with Crippen LogP contribution in [0, 0.1) is 5.41 Å². The van der Waals surface area contributed by atoms with Gasteiger partial charge in [0.2, 0.25) is 6.79 Å². The lowest BCUT2D eigenvalue weighted by molar-refractivity contribution is -0.173. The van der Waals surface area contributed by atoms with Gasteiger partial charge in [-0.25, -0.2) is 9.78 Å². The summed E-state index contributed by atoms with van der Waals surface area (Å²) in [6.07, 6.45) is 4.34. The number of nitrogens with zero attached hydrogens (tertiary/aromatic N) is 3. The number of carbonyl (C=O) groups excluding carboxylic acids is 4. The third-order valence-corrected chi connectivity index (χ3v) is 7.16. The Balaban J connectivity index is 1.76. The smallest absolute Gasteiger partial charge is 0.358 e. The summed E-state index contributed by atoms with van der Waals surface area (Å²) in [7, 11) is 1.28. The normalized spacial score (nSPS) is 19.9. The van der Waals surface area contributed by atoms with E-state index in [9.17, 15) is 19.2 Å². The first-order valence-corrected chi connectivity index (χ1v) is 13.2. The van der Waals surface area contributed by atoms with Crippen molar-refractivity contribution in [3.8, 4) is 0 Å². The van der Waals surface area contributed by atoms with E-state index in [4.69, 9.17) is 20.0 Å². The van der Waals surface area contributed by atoms with Gasteiger partial charge in [0.15, 0.2) is 10.8 Å². The molecule has 14 heteroatoms. The Bertz CT molecular complexity index is 1170. The molecule has 0 aromatic carbocycles. The van der Waals surface area contributed by atoms with Crippen LogP contribution in [0.5, 0.6) is 0 Å². The highest BCUT2D eigenvalue weighted by Gasteiger charge is 2.54. The quantitative estimate of drug-likeness (QED) is 0.152. The van der Waals surface area contributed by atoms with Gasteiger partial charge < -0.3 is 25.4 Å². The number of aromatic nitrogens is 1. The minimum Gasteiger partial charge on any atom is -0.427 e. The van der Waals surface area contributed by atoms with Crippen LogP contribution in [0.1, 0.15) is 39.8 Å². The predicted molar refractivity (Wildman–Crippen MR) is 138 cm³/mol. The van der Waals surface area contributed by atoms with Crippen LogP contribution >= 0.6 is 23.1 Å². The summed E-state index contributed by atoms with van der Waals surface area (Å²) >= 11 is 2.52. The lowest BCUT2D eigenvalue weighted by Gasteiger charge is -2.49. The number of hydrogen-bond acceptors (Lipinski definition) is 12. The van der Waals surface area contributed by atoms with E-state index < -0.39 is 47.4 Å². The first kappa shape index (κ1) is 28.2. The number of rotatable bonds is 9. The van der Waals surface area contributed by atoms with E-state index in [-0.39, 0.29) is 22.2 Å². The van der Waals surface area contributed by atoms with Crippen molar-refractivity contribution in [3.63, 3.8) is 0 Å². The summed E-state index contributed by atoms with van der Waals surface area (Å²) in [5.74, 6) is -2.12. The van der Waals surface area contributed by atoms with E-state index in [2.05, 4.69) is 15.5 Å². The van der Waals surface area contributed by atoms with Gasteiger partial charge in [-0.2, -0.15) is 0 Å². The lowest BCUT2D eigenvalue weighted by Crippen LogP contribution is -2.71. The molecule has 1 fully saturated rings. The van der Waals surface area contributed by atoms with Gasteiger partial charge >= 0.3 is 11.9 Å². The number of anilines is 1. The van der Waals surface area contributed by atoms with Crippen molar-refractivity contribution >= 4 is 57.7 Å². The number of nitrogens with two attached hydrogens (primary N) is 1. The minimum absolute atomic E-state index is 0.0498. The molecule has 1 aromatic rings. The molecule has 0 unspecified atom stereocenters. The van der Waals surface area contributed by atoms with Gasteiger partial charge in [0, 0.05) is 11.1 Å². The number of hydrogen-bond donors (Lipinski definition) is 2. The molecule has 12 nitrogen and oxygen atoms in total. The van der Waals surface area contributed by atoms with Gasteiger partial charge in [-0.1, -0.05) is 24.2 Å². The summed E-state index contributed by atoms with van der Waals surface area (Å²) in [6.45, 7) is 6.38. The number of allylic oxidation sites excluding steroid dienone is 2. The zero-order valence-electron chi connectivity index (χ0n) is 21.1. The maximum absolute atomic E-state index is 13.1. The first-order valence-electron chi connectivity index (χ1n) is 11.3. The summed E-state index contributed by atoms with van der Waals surface area (Å²) in [6, 6.07) is -0.922. The molecule has 1 aromatic heterocycles. The SMILES string of the molecule is CC/C=C\C1=C(C(=O)OCOC(=O)C(C)(C)C)N2C(=O)[C@@H](NC(=O)/C(=N\OC)c3csc(N)n3)[C@@H]2SC1. The molecule has 200 valence electrons. The number of β-lactam (4-membered cyclic amide) rings is 1. The number of fused-ring (bicyclic) bond motifs is 1. The van der Waals surface area contributed by atoms with E-state index in [0.29, 0.717) is 11.3 Å². The van der Waals surface area contributed by atoms with E-state index >= 15 is 0 Å². The third kappa shape index (κ3) is 6.31. The van der Waals surface area contributed by atoms with Crippen LogP contribution in [0.25, 0.3) is 0 Å². The number of oxime groups is 1. The van der Waals surface area contributed by atoms with Gasteiger partial charge in [-0.15, -0.1) is 23.1 Å². The van der Waals surface area contributed by atoms with Crippen molar-refractivity contribution in [1.29, 1.82) is 0 Å².